The second-order valence-electron chi connectivity index (χ2n) is 19.1. The molecule has 6 N–H and O–H groups in total. The van der Waals surface area contributed by atoms with Crippen LogP contribution in [0.4, 0.5) is 0 Å². The van der Waals surface area contributed by atoms with Crippen molar-refractivity contribution in [2.45, 2.75) is 132 Å². The highest BCUT2D eigenvalue weighted by atomic mass is 16.7. The number of carbonyl (C=O) groups excluding carboxylic acids is 6. The lowest BCUT2D eigenvalue weighted by Gasteiger charge is -2.66. The van der Waals surface area contributed by atoms with Gasteiger partial charge in [-0.25, -0.2) is 9.59 Å². The lowest BCUT2D eigenvalue weighted by molar-refractivity contribution is -0.373. The highest BCUT2D eigenvalue weighted by Crippen LogP contribution is 2.63. The van der Waals surface area contributed by atoms with E-state index in [0.29, 0.717) is 5.56 Å². The second-order valence-corrected chi connectivity index (χ2v) is 19.1. The topological polar surface area (TPSA) is 280 Å². The standard InChI is InChI=1S/C51H57NO18/c1-26-33(67-46(62)38(57)36(29-15-9-6-10-16-29)52-44(60)30-17-11-7-12-18-30)23-51(63)43(68-45(61)31-19-13-8-14-20-31)41-49(70-47-39(58)37(56)32(55)24-64-47,22-21-34-50(41,25-65-34)69-28(3)54)42(59)40(66-27(2)53)35(26)48(51,4)5/h6-20,32-34,36-41,43,47,55-58,63H,21-25H2,1-5H3,(H,52,60)/t32?,33-,34+,36-,37?,38+,39?,40+,41-,43-,47?,49-,50-,51+/m0/s1. The number of amides is 1. The molecule has 0 radical (unpaired) electrons. The number of aliphatic hydroxyl groups excluding tert-OH is 4. The van der Waals surface area contributed by atoms with Gasteiger partial charge in [-0.1, -0.05) is 80.6 Å². The van der Waals surface area contributed by atoms with Crippen LogP contribution < -0.4 is 5.32 Å². The molecule has 3 aromatic rings. The Bertz CT molecular complexity index is 2520. The Labute approximate surface area is 402 Å². The van der Waals surface area contributed by atoms with Gasteiger partial charge in [-0.2, -0.15) is 0 Å². The highest BCUT2D eigenvalue weighted by molar-refractivity contribution is 5.98. The lowest BCUT2D eigenvalue weighted by Crippen LogP contribution is -2.83. The van der Waals surface area contributed by atoms with Gasteiger partial charge in [-0.3, -0.25) is 19.2 Å². The zero-order valence-electron chi connectivity index (χ0n) is 39.1. The number of nitrogens with one attached hydrogen (secondary N) is 1. The van der Waals surface area contributed by atoms with E-state index < -0.39 is 151 Å². The largest absolute Gasteiger partial charge is 0.456 e. The average Bonchev–Trinajstić information content (AvgIpc) is 3.33. The summed E-state index contributed by atoms with van der Waals surface area (Å²) in [7, 11) is 0. The molecule has 3 aromatic carbocycles. The summed E-state index contributed by atoms with van der Waals surface area (Å²) in [5, 5.41) is 61.3. The maximum Gasteiger partial charge on any atom is 0.338 e. The third kappa shape index (κ3) is 8.71. The predicted octanol–water partition coefficient (Wildman–Crippen LogP) is 1.95. The van der Waals surface area contributed by atoms with Gasteiger partial charge in [0.2, 0.25) is 5.78 Å². The Morgan fingerprint density at radius 3 is 2.00 bits per heavy atom. The molecular formula is C51H57NO18. The molecule has 8 rings (SSSR count). The van der Waals surface area contributed by atoms with Crippen LogP contribution in [-0.2, 0) is 52.3 Å². The third-order valence-corrected chi connectivity index (χ3v) is 14.7. The van der Waals surface area contributed by atoms with Gasteiger partial charge in [0.1, 0.15) is 47.8 Å². The molecule has 3 aliphatic carbocycles. The van der Waals surface area contributed by atoms with E-state index in [4.69, 9.17) is 33.2 Å². The molecule has 19 heteroatoms. The van der Waals surface area contributed by atoms with Crippen LogP contribution in [0.3, 0.4) is 0 Å². The monoisotopic (exact) mass is 971 g/mol. The third-order valence-electron chi connectivity index (χ3n) is 14.7. The molecule has 4 unspecified atom stereocenters. The molecule has 5 aliphatic rings. The Hall–Kier alpha value is -5.90. The van der Waals surface area contributed by atoms with Gasteiger partial charge in [0, 0.05) is 31.2 Å². The van der Waals surface area contributed by atoms with Crippen LogP contribution >= 0.6 is 0 Å². The first-order valence-corrected chi connectivity index (χ1v) is 23.0. The minimum atomic E-state index is -2.56. The van der Waals surface area contributed by atoms with Crippen molar-refractivity contribution in [3.05, 3.63) is 119 Å². The number of Topliss-reactive ketones (excluding diaryl/α,β-unsaturated/α-hetero) is 1. The van der Waals surface area contributed by atoms with E-state index in [0.717, 1.165) is 13.8 Å². The fraction of sp³-hybridized carbons (Fsp3) is 0.490. The van der Waals surface area contributed by atoms with Crippen molar-refractivity contribution < 1.29 is 87.5 Å². The van der Waals surface area contributed by atoms with Crippen molar-refractivity contribution in [2.24, 2.45) is 11.3 Å². The number of ketones is 1. The van der Waals surface area contributed by atoms with E-state index in [1.54, 1.807) is 78.9 Å². The van der Waals surface area contributed by atoms with Crippen LogP contribution in [-0.4, -0.2) is 146 Å². The van der Waals surface area contributed by atoms with E-state index in [1.807, 2.05) is 0 Å². The van der Waals surface area contributed by atoms with Crippen LogP contribution in [0.1, 0.15) is 86.2 Å². The molecule has 70 heavy (non-hydrogen) atoms. The van der Waals surface area contributed by atoms with Crippen molar-refractivity contribution >= 4 is 35.6 Å². The normalized spacial score (nSPS) is 34.1. The fourth-order valence-corrected chi connectivity index (χ4v) is 11.1. The summed E-state index contributed by atoms with van der Waals surface area (Å²) in [6.45, 7) is 5.57. The zero-order valence-corrected chi connectivity index (χ0v) is 39.1. The summed E-state index contributed by atoms with van der Waals surface area (Å²) < 4.78 is 43.1. The van der Waals surface area contributed by atoms with Gasteiger partial charge < -0.3 is 64.0 Å². The number of esters is 4. The molecule has 19 nitrogen and oxygen atoms in total. The number of hydrogen-bond donors (Lipinski definition) is 6. The van der Waals surface area contributed by atoms with Crippen molar-refractivity contribution in [2.75, 3.05) is 13.2 Å². The summed E-state index contributed by atoms with van der Waals surface area (Å²) in [6.07, 6.45) is -17.3. The molecule has 374 valence electrons. The van der Waals surface area contributed by atoms with E-state index in [1.165, 1.54) is 32.9 Å². The molecule has 2 saturated heterocycles. The lowest BCUT2D eigenvalue weighted by atomic mass is 9.48. The molecule has 0 aromatic heterocycles. The van der Waals surface area contributed by atoms with Crippen LogP contribution in [0.5, 0.6) is 0 Å². The van der Waals surface area contributed by atoms with Crippen LogP contribution in [0.15, 0.2) is 102 Å². The van der Waals surface area contributed by atoms with Crippen LogP contribution in [0.2, 0.25) is 0 Å². The molecule has 14 atom stereocenters. The number of hydrogen-bond acceptors (Lipinski definition) is 18. The molecule has 2 bridgehead atoms. The molecule has 2 saturated carbocycles. The number of rotatable bonds is 12. The smallest absolute Gasteiger partial charge is 0.338 e. The van der Waals surface area contributed by atoms with Gasteiger partial charge in [-0.15, -0.1) is 0 Å². The number of fused-ring (bicyclic) bond motifs is 5. The second kappa shape index (κ2) is 19.4. The summed E-state index contributed by atoms with van der Waals surface area (Å²) in [5.74, 6) is -7.72. The summed E-state index contributed by atoms with van der Waals surface area (Å²) >= 11 is 0. The Kier molecular flexibility index (Phi) is 14.0. The minimum absolute atomic E-state index is 0.0122. The highest BCUT2D eigenvalue weighted by Gasteiger charge is 2.79. The van der Waals surface area contributed by atoms with Gasteiger partial charge in [0.05, 0.1) is 30.7 Å². The van der Waals surface area contributed by atoms with E-state index >= 15 is 4.79 Å². The molecule has 2 aliphatic heterocycles. The SMILES string of the molecule is CC(=O)O[C@H]1C(=O)[C@]2(OC3OCC(O)C(O)C3O)CC[C@H]3OC[C@@]3(OC(C)=O)[C@H]2[C@H](OC(=O)c2ccccc2)[C@]2(O)C[C@H](OC(=O)[C@H](O)[C@@H](NC(=O)c3ccccc3)c3ccccc3)C(C)=C1C2(C)C. The molecule has 1 amide bonds. The minimum Gasteiger partial charge on any atom is -0.456 e. The van der Waals surface area contributed by atoms with Gasteiger partial charge in [0.25, 0.3) is 5.91 Å². The predicted molar refractivity (Wildman–Crippen MR) is 240 cm³/mol. The van der Waals surface area contributed by atoms with E-state index in [-0.39, 0.29) is 28.7 Å². The van der Waals surface area contributed by atoms with Crippen LogP contribution in [0, 0.1) is 11.3 Å². The fourth-order valence-electron chi connectivity index (χ4n) is 11.1. The van der Waals surface area contributed by atoms with Crippen molar-refractivity contribution in [3.63, 3.8) is 0 Å². The first-order valence-electron chi connectivity index (χ1n) is 23.0. The first kappa shape index (κ1) is 50.5. The molecule has 4 fully saturated rings. The summed E-state index contributed by atoms with van der Waals surface area (Å²) in [4.78, 5) is 85.5. The van der Waals surface area contributed by atoms with Gasteiger partial charge >= 0.3 is 23.9 Å². The first-order chi connectivity index (χ1) is 33.2. The Morgan fingerprint density at radius 2 is 1.41 bits per heavy atom. The van der Waals surface area contributed by atoms with Gasteiger partial charge in [0.15, 0.2) is 24.1 Å². The number of aliphatic hydroxyl groups is 5. The Balaban J connectivity index is 1.32. The zero-order chi connectivity index (χ0) is 50.5. The Morgan fingerprint density at radius 1 is 0.800 bits per heavy atom. The van der Waals surface area contributed by atoms with Crippen molar-refractivity contribution in [1.82, 2.24) is 5.32 Å². The van der Waals surface area contributed by atoms with Crippen LogP contribution in [0.25, 0.3) is 0 Å². The molecule has 2 heterocycles. The van der Waals surface area contributed by atoms with E-state index in [2.05, 4.69) is 5.32 Å². The molecule has 0 spiro atoms. The summed E-state index contributed by atoms with van der Waals surface area (Å²) in [5.41, 5.74) is -8.40. The number of ether oxygens (including phenoxy) is 7. The van der Waals surface area contributed by atoms with Gasteiger partial charge in [-0.05, 0) is 60.7 Å². The van der Waals surface area contributed by atoms with E-state index in [9.17, 15) is 49.5 Å². The summed E-state index contributed by atoms with van der Waals surface area (Å²) in [6, 6.07) is 22.5. The number of carbonyl (C=O) groups is 6. The molecular weight excluding hydrogens is 915 g/mol. The number of benzene rings is 3. The van der Waals surface area contributed by atoms with Crippen molar-refractivity contribution in [3.8, 4) is 0 Å². The maximum absolute atomic E-state index is 16.2. The quantitative estimate of drug-likeness (QED) is 0.0860. The average molecular weight is 972 g/mol. The van der Waals surface area contributed by atoms with Crippen molar-refractivity contribution in [1.29, 1.82) is 0 Å². The maximum atomic E-state index is 16.2.